The van der Waals surface area contributed by atoms with E-state index in [2.05, 4.69) is 4.74 Å². The molecule has 3 heteroatoms. The molecule has 1 rings (SSSR count). The van der Waals surface area contributed by atoms with E-state index in [-0.39, 0.29) is 5.57 Å². The van der Waals surface area contributed by atoms with E-state index in [0.29, 0.717) is 0 Å². The quantitative estimate of drug-likeness (QED) is 0.250. The molecule has 44 valence electrons. The van der Waals surface area contributed by atoms with Crippen LogP contribution in [-0.2, 0) is 14.3 Å². The van der Waals surface area contributed by atoms with Crippen LogP contribution < -0.4 is 0 Å². The predicted molar refractivity (Wildman–Crippen MR) is 28.0 cm³/mol. The fraction of sp³-hybridized carbons (Fsp3) is 0. The van der Waals surface area contributed by atoms with Gasteiger partial charge in [-0.1, -0.05) is 5.92 Å². The zero-order valence-corrected chi connectivity index (χ0v) is 4.38. The van der Waals surface area contributed by atoms with Crippen molar-refractivity contribution in [3.63, 3.8) is 0 Å². The lowest BCUT2D eigenvalue weighted by Gasteiger charge is -1.83. The number of rotatable bonds is 0. The highest BCUT2D eigenvalue weighted by atomic mass is 16.6. The third kappa shape index (κ3) is 0.820. The molecule has 0 atom stereocenters. The van der Waals surface area contributed by atoms with Crippen molar-refractivity contribution in [1.29, 1.82) is 0 Å². The van der Waals surface area contributed by atoms with E-state index in [1.165, 1.54) is 0 Å². The van der Waals surface area contributed by atoms with Crippen molar-refractivity contribution in [1.82, 2.24) is 0 Å². The fourth-order valence-corrected chi connectivity index (χ4v) is 0.453. The molecule has 0 radical (unpaired) electrons. The summed E-state index contributed by atoms with van der Waals surface area (Å²) in [5, 5.41) is 0. The predicted octanol–water partition coefficient (Wildman–Crippen LogP) is -0.371. The van der Waals surface area contributed by atoms with Crippen LogP contribution in [0.25, 0.3) is 0 Å². The number of carbonyl (C=O) groups is 2. The van der Waals surface area contributed by atoms with Crippen LogP contribution in [0.5, 0.6) is 0 Å². The average molecular weight is 122 g/mol. The van der Waals surface area contributed by atoms with Crippen molar-refractivity contribution < 1.29 is 14.3 Å². The molecular weight excluding hydrogens is 120 g/mol. The minimum Gasteiger partial charge on any atom is -0.386 e. The van der Waals surface area contributed by atoms with E-state index in [4.69, 9.17) is 6.42 Å². The van der Waals surface area contributed by atoms with Crippen molar-refractivity contribution in [3.05, 3.63) is 11.6 Å². The Morgan fingerprint density at radius 1 is 1.56 bits per heavy atom. The number of hydrogen-bond acceptors (Lipinski definition) is 3. The first-order valence-electron chi connectivity index (χ1n) is 2.18. The van der Waals surface area contributed by atoms with Crippen LogP contribution in [0.3, 0.4) is 0 Å². The van der Waals surface area contributed by atoms with Gasteiger partial charge < -0.3 is 4.74 Å². The van der Waals surface area contributed by atoms with Gasteiger partial charge in [-0.2, -0.15) is 0 Å². The maximum atomic E-state index is 10.4. The van der Waals surface area contributed by atoms with Crippen molar-refractivity contribution in [2.75, 3.05) is 0 Å². The molecule has 9 heavy (non-hydrogen) atoms. The van der Waals surface area contributed by atoms with E-state index >= 15 is 0 Å². The Hall–Kier alpha value is -1.56. The molecule has 0 N–H and O–H groups in total. The largest absolute Gasteiger partial charge is 0.386 e. The topological polar surface area (TPSA) is 43.4 Å². The van der Waals surface area contributed by atoms with Gasteiger partial charge >= 0.3 is 11.9 Å². The molecule has 0 saturated carbocycles. The molecule has 1 aliphatic heterocycles. The number of ether oxygens (including phenoxy) is 1. The van der Waals surface area contributed by atoms with E-state index in [1.807, 2.05) is 5.92 Å². The van der Waals surface area contributed by atoms with Gasteiger partial charge in [0.2, 0.25) is 0 Å². The molecule has 0 bridgehead atoms. The van der Waals surface area contributed by atoms with Gasteiger partial charge in [0.15, 0.2) is 0 Å². The lowest BCUT2D eigenvalue weighted by molar-refractivity contribution is -0.150. The summed E-state index contributed by atoms with van der Waals surface area (Å²) in [6.45, 7) is 0. The van der Waals surface area contributed by atoms with Gasteiger partial charge in [0.1, 0.15) is 5.57 Å². The van der Waals surface area contributed by atoms with Crippen LogP contribution >= 0.6 is 0 Å². The molecule has 0 spiro atoms. The molecule has 0 aromatic heterocycles. The molecule has 0 fully saturated rings. The fourth-order valence-electron chi connectivity index (χ4n) is 0.453. The SMILES string of the molecule is C#CC1=CC(=O)OC1=O. The van der Waals surface area contributed by atoms with Gasteiger partial charge in [-0.05, 0) is 0 Å². The highest BCUT2D eigenvalue weighted by Gasteiger charge is 2.21. The number of carbonyl (C=O) groups excluding carboxylic acids is 2. The van der Waals surface area contributed by atoms with Gasteiger partial charge in [0.05, 0.1) is 0 Å². The molecule has 1 aliphatic rings. The molecule has 0 aromatic rings. The Morgan fingerprint density at radius 3 is 2.44 bits per heavy atom. The molecule has 1 heterocycles. The van der Waals surface area contributed by atoms with Gasteiger partial charge in [-0.3, -0.25) is 0 Å². The van der Waals surface area contributed by atoms with Crippen molar-refractivity contribution in [2.24, 2.45) is 0 Å². The second-order valence-electron chi connectivity index (χ2n) is 1.41. The van der Waals surface area contributed by atoms with Crippen molar-refractivity contribution in [3.8, 4) is 12.3 Å². The van der Waals surface area contributed by atoms with E-state index in [9.17, 15) is 9.59 Å². The van der Waals surface area contributed by atoms with Crippen LogP contribution in [0.15, 0.2) is 11.6 Å². The first-order chi connectivity index (χ1) is 4.24. The van der Waals surface area contributed by atoms with Crippen LogP contribution in [0.1, 0.15) is 0 Å². The number of esters is 2. The first-order valence-corrected chi connectivity index (χ1v) is 2.18. The summed E-state index contributed by atoms with van der Waals surface area (Å²) in [5.41, 5.74) is -0.0139. The zero-order chi connectivity index (χ0) is 6.85. The summed E-state index contributed by atoms with van der Waals surface area (Å²) in [5.74, 6) is 0.589. The molecule has 0 unspecified atom stereocenters. The second-order valence-corrected chi connectivity index (χ2v) is 1.41. The number of terminal acetylenes is 1. The van der Waals surface area contributed by atoms with E-state index in [0.717, 1.165) is 6.08 Å². The van der Waals surface area contributed by atoms with Gasteiger partial charge in [0.25, 0.3) is 0 Å². The van der Waals surface area contributed by atoms with Crippen molar-refractivity contribution >= 4 is 11.9 Å². The highest BCUT2D eigenvalue weighted by Crippen LogP contribution is 2.05. The molecule has 0 amide bonds. The minimum absolute atomic E-state index is 0.0139. The van der Waals surface area contributed by atoms with Gasteiger partial charge in [-0.25, -0.2) is 9.59 Å². The molecule has 0 aliphatic carbocycles. The van der Waals surface area contributed by atoms with Crippen LogP contribution in [0.4, 0.5) is 0 Å². The third-order valence-electron chi connectivity index (χ3n) is 0.831. The summed E-state index contributed by atoms with van der Waals surface area (Å²) >= 11 is 0. The smallest absolute Gasteiger partial charge is 0.354 e. The summed E-state index contributed by atoms with van der Waals surface area (Å²) in [6, 6.07) is 0. The monoisotopic (exact) mass is 122 g/mol. The zero-order valence-electron chi connectivity index (χ0n) is 4.38. The standard InChI is InChI=1S/C6H2O3/c1-2-4-3-5(7)9-6(4)8/h1,3H. The summed E-state index contributed by atoms with van der Waals surface area (Å²) in [4.78, 5) is 20.6. The Bertz CT molecular complexity index is 242. The van der Waals surface area contributed by atoms with Crippen molar-refractivity contribution in [2.45, 2.75) is 0 Å². The Kier molecular flexibility index (Phi) is 1.08. The summed E-state index contributed by atoms with van der Waals surface area (Å²) in [6.07, 6.45) is 5.80. The van der Waals surface area contributed by atoms with E-state index in [1.54, 1.807) is 0 Å². The Morgan fingerprint density at radius 2 is 2.22 bits per heavy atom. The lowest BCUT2D eigenvalue weighted by atomic mass is 10.3. The summed E-state index contributed by atoms with van der Waals surface area (Å²) < 4.78 is 4.05. The number of hydrogen-bond donors (Lipinski definition) is 0. The van der Waals surface area contributed by atoms with Gasteiger partial charge in [0, 0.05) is 6.08 Å². The van der Waals surface area contributed by atoms with E-state index < -0.39 is 11.9 Å². The molecular formula is C6H2O3. The van der Waals surface area contributed by atoms with Crippen LogP contribution in [-0.4, -0.2) is 11.9 Å². The van der Waals surface area contributed by atoms with Crippen LogP contribution in [0, 0.1) is 12.3 Å². The molecule has 0 aromatic carbocycles. The Labute approximate surface area is 51.3 Å². The van der Waals surface area contributed by atoms with Gasteiger partial charge in [-0.15, -0.1) is 6.42 Å². The first kappa shape index (κ1) is 5.57. The Balaban J connectivity index is 2.97. The third-order valence-corrected chi connectivity index (χ3v) is 0.831. The second kappa shape index (κ2) is 1.75. The molecule has 0 saturated heterocycles. The molecule has 3 nitrogen and oxygen atoms in total. The maximum absolute atomic E-state index is 10.4. The maximum Gasteiger partial charge on any atom is 0.354 e. The lowest BCUT2D eigenvalue weighted by Crippen LogP contribution is -2.00. The minimum atomic E-state index is -0.734. The number of cyclic esters (lactones) is 2. The highest BCUT2D eigenvalue weighted by molar-refractivity contribution is 6.11. The normalized spacial score (nSPS) is 16.6. The average Bonchev–Trinajstić information content (AvgIpc) is 2.10. The summed E-state index contributed by atoms with van der Waals surface area (Å²) in [7, 11) is 0. The van der Waals surface area contributed by atoms with Crippen LogP contribution in [0.2, 0.25) is 0 Å².